The molecule has 1 amide bonds. The third-order valence-electron chi connectivity index (χ3n) is 5.92. The van der Waals surface area contributed by atoms with E-state index >= 15 is 0 Å². The summed E-state index contributed by atoms with van der Waals surface area (Å²) in [5.74, 6) is 0.522. The number of hydrogen-bond donors (Lipinski definition) is 1. The Bertz CT molecular complexity index is 1190. The molecule has 2 aliphatic heterocycles. The lowest BCUT2D eigenvalue weighted by atomic mass is 10.1. The van der Waals surface area contributed by atoms with Crippen LogP contribution in [-0.2, 0) is 4.79 Å². The van der Waals surface area contributed by atoms with Gasteiger partial charge in [-0.15, -0.1) is 0 Å². The number of carbonyl (C=O) groups is 1. The molecule has 8 heteroatoms. The van der Waals surface area contributed by atoms with Crippen LogP contribution in [0.15, 0.2) is 46.0 Å². The largest absolute Gasteiger partial charge is 0.494 e. The van der Waals surface area contributed by atoms with Crippen LogP contribution in [0, 0.1) is 19.3 Å². The van der Waals surface area contributed by atoms with E-state index in [-0.39, 0.29) is 11.4 Å². The SMILES string of the molecule is CCCCCCC1=NN2C(=N)C(=Cc3cc(C)n(-c4ccc(OCC)cc4)c3C)C(=O)N=C2S1. The lowest BCUT2D eigenvalue weighted by Gasteiger charge is -2.20. The molecule has 0 fully saturated rings. The van der Waals surface area contributed by atoms with Gasteiger partial charge in [-0.05, 0) is 87.3 Å². The number of thioether (sulfide) groups is 1. The number of aromatic nitrogens is 1. The van der Waals surface area contributed by atoms with Crippen molar-refractivity contribution in [1.82, 2.24) is 9.58 Å². The molecule has 4 rings (SSSR count). The number of nitrogens with zero attached hydrogens (tertiary/aromatic N) is 4. The van der Waals surface area contributed by atoms with Crippen LogP contribution >= 0.6 is 11.8 Å². The maximum atomic E-state index is 12.8. The molecule has 0 aliphatic carbocycles. The zero-order valence-corrected chi connectivity index (χ0v) is 21.0. The standard InChI is InChI=1S/C26H31N5O2S/c1-5-7-8-9-10-23-29-31-24(27)22(25(32)28-26(31)34-23)16-19-15-17(3)30(18(19)4)20-11-13-21(14-12-20)33-6-2/h11-16,27H,5-10H2,1-4H3. The Hall–Kier alpha value is -3.13. The van der Waals surface area contributed by atoms with Crippen LogP contribution in [0.1, 0.15) is 62.9 Å². The highest BCUT2D eigenvalue weighted by molar-refractivity contribution is 8.26. The summed E-state index contributed by atoms with van der Waals surface area (Å²) in [6, 6.07) is 9.97. The minimum absolute atomic E-state index is 0.0805. The molecule has 0 saturated carbocycles. The summed E-state index contributed by atoms with van der Waals surface area (Å²) >= 11 is 1.40. The molecular formula is C26H31N5O2S. The fourth-order valence-corrected chi connectivity index (χ4v) is 5.11. The first-order valence-corrected chi connectivity index (χ1v) is 12.7. The first-order chi connectivity index (χ1) is 16.4. The van der Waals surface area contributed by atoms with Gasteiger partial charge in [0.25, 0.3) is 5.91 Å². The van der Waals surface area contributed by atoms with E-state index < -0.39 is 5.91 Å². The number of aliphatic imine (C=N–C) groups is 1. The molecule has 2 aliphatic rings. The number of unbranched alkanes of at least 4 members (excludes halogenated alkanes) is 3. The van der Waals surface area contributed by atoms with E-state index in [2.05, 4.69) is 21.6 Å². The van der Waals surface area contributed by atoms with E-state index in [9.17, 15) is 4.79 Å². The number of fused-ring (bicyclic) bond motifs is 1. The summed E-state index contributed by atoms with van der Waals surface area (Å²) in [6.45, 7) is 8.82. The molecule has 2 aromatic rings. The minimum atomic E-state index is -0.392. The number of benzene rings is 1. The fourth-order valence-electron chi connectivity index (χ4n) is 4.18. The molecule has 0 spiro atoms. The molecule has 0 bridgehead atoms. The molecule has 1 aromatic heterocycles. The highest BCUT2D eigenvalue weighted by atomic mass is 32.2. The third kappa shape index (κ3) is 4.87. The normalized spacial score (nSPS) is 16.7. The quantitative estimate of drug-likeness (QED) is 0.350. The second-order valence-electron chi connectivity index (χ2n) is 8.41. The molecule has 0 unspecified atom stereocenters. The number of aryl methyl sites for hydroxylation is 1. The monoisotopic (exact) mass is 477 g/mol. The van der Waals surface area contributed by atoms with Gasteiger partial charge >= 0.3 is 0 Å². The van der Waals surface area contributed by atoms with Crippen LogP contribution in [0.3, 0.4) is 0 Å². The second-order valence-corrected chi connectivity index (χ2v) is 9.45. The molecule has 0 radical (unpaired) electrons. The van der Waals surface area contributed by atoms with Gasteiger partial charge in [0, 0.05) is 17.1 Å². The molecular weight excluding hydrogens is 446 g/mol. The predicted octanol–water partition coefficient (Wildman–Crippen LogP) is 6.08. The van der Waals surface area contributed by atoms with Gasteiger partial charge in [-0.2, -0.15) is 15.1 Å². The Morgan fingerprint density at radius 1 is 1.12 bits per heavy atom. The second kappa shape index (κ2) is 10.4. The van der Waals surface area contributed by atoms with E-state index in [1.54, 1.807) is 6.08 Å². The summed E-state index contributed by atoms with van der Waals surface area (Å²) in [5.41, 5.74) is 4.18. The Labute approximate surface area is 205 Å². The van der Waals surface area contributed by atoms with Gasteiger partial charge in [0.2, 0.25) is 5.17 Å². The summed E-state index contributed by atoms with van der Waals surface area (Å²) in [7, 11) is 0. The molecule has 0 saturated heterocycles. The van der Waals surface area contributed by atoms with E-state index in [0.29, 0.717) is 11.8 Å². The van der Waals surface area contributed by atoms with Crippen molar-refractivity contribution in [2.45, 2.75) is 59.8 Å². The fraction of sp³-hybridized carbons (Fsp3) is 0.385. The maximum absolute atomic E-state index is 12.8. The van der Waals surface area contributed by atoms with Gasteiger partial charge in [0.05, 0.1) is 12.2 Å². The van der Waals surface area contributed by atoms with Gasteiger partial charge in [-0.3, -0.25) is 10.2 Å². The van der Waals surface area contributed by atoms with Gasteiger partial charge in [0.15, 0.2) is 5.84 Å². The van der Waals surface area contributed by atoms with Gasteiger partial charge in [-0.25, -0.2) is 0 Å². The van der Waals surface area contributed by atoms with Crippen molar-refractivity contribution >= 4 is 39.8 Å². The average Bonchev–Trinajstić information content (AvgIpc) is 3.35. The van der Waals surface area contributed by atoms with E-state index in [0.717, 1.165) is 52.7 Å². The number of hydrogen-bond acceptors (Lipinski definition) is 5. The van der Waals surface area contributed by atoms with Crippen molar-refractivity contribution in [2.24, 2.45) is 10.1 Å². The van der Waals surface area contributed by atoms with Crippen molar-refractivity contribution in [3.8, 4) is 11.4 Å². The van der Waals surface area contributed by atoms with Crippen molar-refractivity contribution in [3.05, 3.63) is 52.9 Å². The number of ether oxygens (including phenoxy) is 1. The zero-order chi connectivity index (χ0) is 24.2. The van der Waals surface area contributed by atoms with Crippen molar-refractivity contribution in [2.75, 3.05) is 6.61 Å². The molecule has 7 nitrogen and oxygen atoms in total. The van der Waals surface area contributed by atoms with Crippen LogP contribution in [0.5, 0.6) is 5.75 Å². The Balaban J connectivity index is 1.58. The van der Waals surface area contributed by atoms with Crippen molar-refractivity contribution in [3.63, 3.8) is 0 Å². The molecule has 178 valence electrons. The van der Waals surface area contributed by atoms with Crippen LogP contribution < -0.4 is 4.74 Å². The van der Waals surface area contributed by atoms with Gasteiger partial charge in [0.1, 0.15) is 10.8 Å². The number of nitrogens with one attached hydrogen (secondary N) is 1. The van der Waals surface area contributed by atoms with Crippen molar-refractivity contribution in [1.29, 1.82) is 5.41 Å². The predicted molar refractivity (Wildman–Crippen MR) is 140 cm³/mol. The van der Waals surface area contributed by atoms with Crippen molar-refractivity contribution < 1.29 is 9.53 Å². The number of amidine groups is 2. The maximum Gasteiger partial charge on any atom is 0.283 e. The number of amides is 1. The smallest absolute Gasteiger partial charge is 0.283 e. The van der Waals surface area contributed by atoms with Crippen LogP contribution in [0.25, 0.3) is 11.8 Å². The minimum Gasteiger partial charge on any atom is -0.494 e. The highest BCUT2D eigenvalue weighted by Gasteiger charge is 2.35. The summed E-state index contributed by atoms with van der Waals surface area (Å²) in [4.78, 5) is 17.1. The number of hydrazone groups is 1. The van der Waals surface area contributed by atoms with Gasteiger partial charge < -0.3 is 9.30 Å². The Morgan fingerprint density at radius 2 is 1.88 bits per heavy atom. The summed E-state index contributed by atoms with van der Waals surface area (Å²) < 4.78 is 7.68. The van der Waals surface area contributed by atoms with E-state index in [1.165, 1.54) is 29.6 Å². The molecule has 0 atom stereocenters. The third-order valence-corrected chi connectivity index (χ3v) is 6.88. The van der Waals surface area contributed by atoms with Crippen LogP contribution in [0.2, 0.25) is 0 Å². The zero-order valence-electron chi connectivity index (χ0n) is 20.2. The number of carbonyl (C=O) groups excluding carboxylic acids is 1. The molecule has 1 aromatic carbocycles. The molecule has 1 N–H and O–H groups in total. The first-order valence-electron chi connectivity index (χ1n) is 11.8. The Kier molecular flexibility index (Phi) is 7.36. The van der Waals surface area contributed by atoms with E-state index in [4.69, 9.17) is 10.1 Å². The van der Waals surface area contributed by atoms with Crippen LogP contribution in [0.4, 0.5) is 0 Å². The lowest BCUT2D eigenvalue weighted by Crippen LogP contribution is -2.35. The number of rotatable bonds is 9. The van der Waals surface area contributed by atoms with Gasteiger partial charge in [-0.1, -0.05) is 26.2 Å². The first kappa shape index (κ1) is 24.0. The topological polar surface area (TPSA) is 83.0 Å². The van der Waals surface area contributed by atoms with E-state index in [1.807, 2.05) is 51.1 Å². The molecule has 3 heterocycles. The summed E-state index contributed by atoms with van der Waals surface area (Å²) in [6.07, 6.45) is 7.22. The highest BCUT2D eigenvalue weighted by Crippen LogP contribution is 2.31. The lowest BCUT2D eigenvalue weighted by molar-refractivity contribution is -0.114. The Morgan fingerprint density at radius 3 is 2.59 bits per heavy atom. The summed E-state index contributed by atoms with van der Waals surface area (Å²) in [5, 5.41) is 16.1. The van der Waals surface area contributed by atoms with Crippen LogP contribution in [-0.4, -0.2) is 38.1 Å². The molecule has 34 heavy (non-hydrogen) atoms. The average molecular weight is 478 g/mol.